The van der Waals surface area contributed by atoms with Gasteiger partial charge in [-0.2, -0.15) is 0 Å². The highest BCUT2D eigenvalue weighted by Crippen LogP contribution is 2.12. The molecule has 100 valence electrons. The molecule has 0 radical (unpaired) electrons. The van der Waals surface area contributed by atoms with Crippen LogP contribution in [0.3, 0.4) is 0 Å². The standard InChI is InChI=1S/C13H27N3O/c1-11(2)15-6-7-17-13(9-15)10-16-5-4-14-8-12(16)3/h11-14H,4-10H2,1-3H3/t12-,13?/m1/s1. The van der Waals surface area contributed by atoms with E-state index in [-0.39, 0.29) is 0 Å². The van der Waals surface area contributed by atoms with E-state index < -0.39 is 0 Å². The van der Waals surface area contributed by atoms with Crippen molar-refractivity contribution in [1.82, 2.24) is 15.1 Å². The van der Waals surface area contributed by atoms with Crippen molar-refractivity contribution in [3.05, 3.63) is 0 Å². The zero-order chi connectivity index (χ0) is 12.3. The van der Waals surface area contributed by atoms with E-state index in [1.807, 2.05) is 0 Å². The molecule has 0 bridgehead atoms. The van der Waals surface area contributed by atoms with Crippen LogP contribution in [0.2, 0.25) is 0 Å². The van der Waals surface area contributed by atoms with Crippen LogP contribution in [0.5, 0.6) is 0 Å². The van der Waals surface area contributed by atoms with Crippen LogP contribution >= 0.6 is 0 Å². The quantitative estimate of drug-likeness (QED) is 0.773. The highest BCUT2D eigenvalue weighted by atomic mass is 16.5. The number of hydrogen-bond donors (Lipinski definition) is 1. The van der Waals surface area contributed by atoms with Gasteiger partial charge in [-0.15, -0.1) is 0 Å². The maximum atomic E-state index is 5.91. The van der Waals surface area contributed by atoms with Crippen molar-refractivity contribution in [2.24, 2.45) is 0 Å². The minimum absolute atomic E-state index is 0.395. The van der Waals surface area contributed by atoms with Crippen LogP contribution in [-0.4, -0.2) is 73.9 Å². The molecule has 0 amide bonds. The van der Waals surface area contributed by atoms with Gasteiger partial charge >= 0.3 is 0 Å². The molecule has 1 unspecified atom stereocenters. The van der Waals surface area contributed by atoms with Gasteiger partial charge in [0.15, 0.2) is 0 Å². The predicted molar refractivity (Wildman–Crippen MR) is 70.4 cm³/mol. The molecule has 2 atom stereocenters. The van der Waals surface area contributed by atoms with Gasteiger partial charge in [0.1, 0.15) is 0 Å². The van der Waals surface area contributed by atoms with Gasteiger partial charge in [0, 0.05) is 51.4 Å². The van der Waals surface area contributed by atoms with Crippen molar-refractivity contribution < 1.29 is 4.74 Å². The fourth-order valence-corrected chi connectivity index (χ4v) is 2.74. The summed E-state index contributed by atoms with van der Waals surface area (Å²) in [6, 6.07) is 1.28. The van der Waals surface area contributed by atoms with Gasteiger partial charge in [0.05, 0.1) is 12.7 Å². The summed E-state index contributed by atoms with van der Waals surface area (Å²) >= 11 is 0. The first-order valence-corrected chi connectivity index (χ1v) is 6.97. The first kappa shape index (κ1) is 13.3. The van der Waals surface area contributed by atoms with Crippen LogP contribution in [0.4, 0.5) is 0 Å². The Balaban J connectivity index is 1.81. The van der Waals surface area contributed by atoms with Crippen LogP contribution in [0.1, 0.15) is 20.8 Å². The molecule has 4 heteroatoms. The molecular weight excluding hydrogens is 214 g/mol. The second-order valence-corrected chi connectivity index (χ2v) is 5.63. The molecule has 2 saturated heterocycles. The number of ether oxygens (including phenoxy) is 1. The summed E-state index contributed by atoms with van der Waals surface area (Å²) in [4.78, 5) is 5.09. The second-order valence-electron chi connectivity index (χ2n) is 5.63. The molecule has 2 fully saturated rings. The van der Waals surface area contributed by atoms with Crippen molar-refractivity contribution in [2.75, 3.05) is 45.9 Å². The fraction of sp³-hybridized carbons (Fsp3) is 1.00. The Morgan fingerprint density at radius 3 is 2.88 bits per heavy atom. The average Bonchev–Trinajstić information content (AvgIpc) is 2.32. The van der Waals surface area contributed by atoms with Gasteiger partial charge < -0.3 is 10.1 Å². The van der Waals surface area contributed by atoms with Gasteiger partial charge in [0.2, 0.25) is 0 Å². The average molecular weight is 241 g/mol. The number of morpholine rings is 1. The number of rotatable bonds is 3. The maximum absolute atomic E-state index is 5.91. The summed E-state index contributed by atoms with van der Waals surface area (Å²) in [6.07, 6.45) is 0.395. The topological polar surface area (TPSA) is 27.7 Å². The van der Waals surface area contributed by atoms with E-state index >= 15 is 0 Å². The molecule has 0 aromatic heterocycles. The highest BCUT2D eigenvalue weighted by Gasteiger charge is 2.26. The van der Waals surface area contributed by atoms with E-state index in [0.717, 1.165) is 45.9 Å². The Labute approximate surface area is 105 Å². The van der Waals surface area contributed by atoms with Crippen LogP contribution in [0.25, 0.3) is 0 Å². The Hall–Kier alpha value is -0.160. The molecule has 2 aliphatic rings. The van der Waals surface area contributed by atoms with Gasteiger partial charge in [0.25, 0.3) is 0 Å². The zero-order valence-corrected chi connectivity index (χ0v) is 11.5. The van der Waals surface area contributed by atoms with Crippen LogP contribution in [0, 0.1) is 0 Å². The molecule has 0 aromatic rings. The van der Waals surface area contributed by atoms with Gasteiger partial charge in [-0.25, -0.2) is 0 Å². The minimum Gasteiger partial charge on any atom is -0.374 e. The summed E-state index contributed by atoms with van der Waals surface area (Å²) in [5.74, 6) is 0. The van der Waals surface area contributed by atoms with E-state index in [1.54, 1.807) is 0 Å². The lowest BCUT2D eigenvalue weighted by Gasteiger charge is -2.40. The lowest BCUT2D eigenvalue weighted by atomic mass is 10.1. The number of piperazine rings is 1. The molecule has 0 saturated carbocycles. The largest absolute Gasteiger partial charge is 0.374 e. The maximum Gasteiger partial charge on any atom is 0.0829 e. The monoisotopic (exact) mass is 241 g/mol. The number of nitrogens with zero attached hydrogens (tertiary/aromatic N) is 2. The Morgan fingerprint density at radius 2 is 2.18 bits per heavy atom. The van der Waals surface area contributed by atoms with Crippen molar-refractivity contribution in [3.63, 3.8) is 0 Å². The Morgan fingerprint density at radius 1 is 1.35 bits per heavy atom. The minimum atomic E-state index is 0.395. The first-order chi connectivity index (χ1) is 8.16. The molecule has 2 aliphatic heterocycles. The van der Waals surface area contributed by atoms with Gasteiger partial charge in [-0.3, -0.25) is 9.80 Å². The van der Waals surface area contributed by atoms with E-state index in [9.17, 15) is 0 Å². The molecular formula is C13H27N3O. The lowest BCUT2D eigenvalue weighted by Crippen LogP contribution is -2.55. The molecule has 0 spiro atoms. The predicted octanol–water partition coefficient (Wildman–Crippen LogP) is 0.389. The Bertz CT molecular complexity index is 235. The summed E-state index contributed by atoms with van der Waals surface area (Å²) in [5.41, 5.74) is 0. The van der Waals surface area contributed by atoms with Gasteiger partial charge in [-0.1, -0.05) is 0 Å². The summed E-state index contributed by atoms with van der Waals surface area (Å²) in [6.45, 7) is 14.4. The molecule has 2 rings (SSSR count). The van der Waals surface area contributed by atoms with Crippen molar-refractivity contribution in [3.8, 4) is 0 Å². The molecule has 2 heterocycles. The summed E-state index contributed by atoms with van der Waals surface area (Å²) in [5, 5.41) is 3.44. The molecule has 0 aliphatic carbocycles. The van der Waals surface area contributed by atoms with Crippen molar-refractivity contribution in [1.29, 1.82) is 0 Å². The van der Waals surface area contributed by atoms with E-state index in [1.165, 1.54) is 0 Å². The molecule has 0 aromatic carbocycles. The van der Waals surface area contributed by atoms with E-state index in [0.29, 0.717) is 18.2 Å². The SMILES string of the molecule is CC(C)N1CCOC(CN2CCNC[C@H]2C)C1. The highest BCUT2D eigenvalue weighted by molar-refractivity contribution is 4.82. The zero-order valence-electron chi connectivity index (χ0n) is 11.5. The van der Waals surface area contributed by atoms with Crippen molar-refractivity contribution >= 4 is 0 Å². The first-order valence-electron chi connectivity index (χ1n) is 6.97. The molecule has 1 N–H and O–H groups in total. The lowest BCUT2D eigenvalue weighted by molar-refractivity contribution is -0.0578. The number of nitrogens with one attached hydrogen (secondary N) is 1. The fourth-order valence-electron chi connectivity index (χ4n) is 2.74. The van der Waals surface area contributed by atoms with Crippen molar-refractivity contribution in [2.45, 2.75) is 39.0 Å². The molecule has 17 heavy (non-hydrogen) atoms. The van der Waals surface area contributed by atoms with E-state index in [4.69, 9.17) is 4.74 Å². The smallest absolute Gasteiger partial charge is 0.0829 e. The third-order valence-electron chi connectivity index (χ3n) is 3.98. The third kappa shape index (κ3) is 3.65. The second kappa shape index (κ2) is 6.14. The molecule has 4 nitrogen and oxygen atoms in total. The van der Waals surface area contributed by atoms with Crippen LogP contribution in [0.15, 0.2) is 0 Å². The third-order valence-corrected chi connectivity index (χ3v) is 3.98. The van der Waals surface area contributed by atoms with Crippen LogP contribution in [-0.2, 0) is 4.74 Å². The Kier molecular flexibility index (Phi) is 4.79. The number of hydrogen-bond acceptors (Lipinski definition) is 4. The normalized spacial score (nSPS) is 33.2. The van der Waals surface area contributed by atoms with E-state index in [2.05, 4.69) is 35.9 Å². The summed E-state index contributed by atoms with van der Waals surface area (Å²) < 4.78 is 5.91. The summed E-state index contributed by atoms with van der Waals surface area (Å²) in [7, 11) is 0. The van der Waals surface area contributed by atoms with Crippen LogP contribution < -0.4 is 5.32 Å². The van der Waals surface area contributed by atoms with Gasteiger partial charge in [-0.05, 0) is 20.8 Å².